The number of hydrogen-bond acceptors (Lipinski definition) is 3. The Balaban J connectivity index is 1.97. The molecule has 5 nitrogen and oxygen atoms in total. The number of nitrogens with zero attached hydrogens (tertiary/aromatic N) is 1. The van der Waals surface area contributed by atoms with E-state index in [0.717, 1.165) is 12.1 Å². The maximum absolute atomic E-state index is 12.6. The number of carboxylic acids is 1. The summed E-state index contributed by atoms with van der Waals surface area (Å²) in [7, 11) is 0. The van der Waals surface area contributed by atoms with Gasteiger partial charge in [0.1, 0.15) is 0 Å². The van der Waals surface area contributed by atoms with Crippen LogP contribution in [-0.4, -0.2) is 47.7 Å². The second-order valence-electron chi connectivity index (χ2n) is 5.76. The maximum atomic E-state index is 12.6. The van der Waals surface area contributed by atoms with Crippen LogP contribution in [0.25, 0.3) is 0 Å². The van der Waals surface area contributed by atoms with Crippen molar-refractivity contribution in [1.29, 1.82) is 0 Å². The van der Waals surface area contributed by atoms with Gasteiger partial charge in [-0.05, 0) is 23.6 Å². The summed E-state index contributed by atoms with van der Waals surface area (Å²) in [4.78, 5) is 24.6. The minimum Gasteiger partial charge on any atom is -0.479 e. The number of alkyl halides is 3. The van der Waals surface area contributed by atoms with Gasteiger partial charge >= 0.3 is 12.1 Å². The Morgan fingerprint density at radius 3 is 2.50 bits per heavy atom. The number of benzene rings is 1. The van der Waals surface area contributed by atoms with Gasteiger partial charge in [0, 0.05) is 13.0 Å². The maximum Gasteiger partial charge on any atom is 0.416 e. The molecule has 8 heteroatoms. The molecule has 1 aliphatic rings. The zero-order valence-corrected chi connectivity index (χ0v) is 13.0. The summed E-state index contributed by atoms with van der Waals surface area (Å²) in [5.41, 5.74) is -0.110. The normalized spacial score (nSPS) is 19.8. The fourth-order valence-electron chi connectivity index (χ4n) is 2.53. The van der Waals surface area contributed by atoms with Crippen LogP contribution in [0.2, 0.25) is 0 Å². The average Bonchev–Trinajstić information content (AvgIpc) is 2.54. The number of rotatable bonds is 4. The monoisotopic (exact) mass is 345 g/mol. The van der Waals surface area contributed by atoms with Crippen LogP contribution in [0.5, 0.6) is 0 Å². The van der Waals surface area contributed by atoms with Crippen molar-refractivity contribution in [3.05, 3.63) is 35.4 Å². The highest BCUT2D eigenvalue weighted by atomic mass is 19.4. The van der Waals surface area contributed by atoms with Crippen LogP contribution in [0.4, 0.5) is 13.2 Å². The minimum atomic E-state index is -4.39. The van der Waals surface area contributed by atoms with Crippen molar-refractivity contribution < 1.29 is 32.6 Å². The Hall–Kier alpha value is -2.09. The van der Waals surface area contributed by atoms with Crippen LogP contribution in [0.3, 0.4) is 0 Å². The Morgan fingerprint density at radius 2 is 1.96 bits per heavy atom. The lowest BCUT2D eigenvalue weighted by molar-refractivity contribution is -0.159. The molecule has 2 atom stereocenters. The third-order valence-electron chi connectivity index (χ3n) is 3.98. The summed E-state index contributed by atoms with van der Waals surface area (Å²) in [6.07, 6.45) is -5.33. The van der Waals surface area contributed by atoms with Gasteiger partial charge in [-0.3, -0.25) is 4.79 Å². The van der Waals surface area contributed by atoms with Gasteiger partial charge in [0.2, 0.25) is 5.91 Å². The second-order valence-corrected chi connectivity index (χ2v) is 5.76. The molecule has 0 aliphatic carbocycles. The van der Waals surface area contributed by atoms with Crippen molar-refractivity contribution in [2.45, 2.75) is 31.5 Å². The molecule has 1 heterocycles. The predicted octanol–water partition coefficient (Wildman–Crippen LogP) is 2.51. The van der Waals surface area contributed by atoms with E-state index in [9.17, 15) is 22.8 Å². The van der Waals surface area contributed by atoms with E-state index < -0.39 is 23.8 Å². The number of carbonyl (C=O) groups is 2. The van der Waals surface area contributed by atoms with Crippen molar-refractivity contribution in [2.24, 2.45) is 0 Å². The molecule has 1 fully saturated rings. The fourth-order valence-corrected chi connectivity index (χ4v) is 2.53. The molecule has 2 rings (SSSR count). The number of halogens is 3. The standard InChI is InChI=1S/C16H18F3NO4/c1-10(11-2-4-12(5-3-11)16(17,18)19)8-14(21)20-6-7-24-13(9-20)15(22)23/h2-5,10,13H,6-9H2,1H3,(H,22,23)/t10-,13-/m1/s1. The van der Waals surface area contributed by atoms with Crippen LogP contribution in [0.15, 0.2) is 24.3 Å². The molecule has 24 heavy (non-hydrogen) atoms. The van der Waals surface area contributed by atoms with Crippen molar-refractivity contribution >= 4 is 11.9 Å². The molecule has 1 saturated heterocycles. The number of hydrogen-bond donors (Lipinski definition) is 1. The molecule has 0 bridgehead atoms. The quantitative estimate of drug-likeness (QED) is 0.911. The smallest absolute Gasteiger partial charge is 0.416 e. The first kappa shape index (κ1) is 18.3. The van der Waals surface area contributed by atoms with E-state index in [1.165, 1.54) is 17.0 Å². The van der Waals surface area contributed by atoms with Crippen molar-refractivity contribution in [2.75, 3.05) is 19.7 Å². The highest BCUT2D eigenvalue weighted by molar-refractivity contribution is 5.79. The van der Waals surface area contributed by atoms with Gasteiger partial charge < -0.3 is 14.7 Å². The van der Waals surface area contributed by atoms with Crippen LogP contribution >= 0.6 is 0 Å². The Kier molecular flexibility index (Phi) is 5.48. The Labute approximate surface area is 137 Å². The molecule has 132 valence electrons. The first-order valence-corrected chi connectivity index (χ1v) is 7.48. The molecule has 1 amide bonds. The van der Waals surface area contributed by atoms with E-state index in [4.69, 9.17) is 9.84 Å². The van der Waals surface area contributed by atoms with Crippen LogP contribution in [0, 0.1) is 0 Å². The molecule has 0 unspecified atom stereocenters. The van der Waals surface area contributed by atoms with Gasteiger partial charge in [0.25, 0.3) is 0 Å². The molecular weight excluding hydrogens is 327 g/mol. The zero-order valence-electron chi connectivity index (χ0n) is 13.0. The SMILES string of the molecule is C[C@H](CC(=O)N1CCO[C@@H](C(=O)O)C1)c1ccc(C(F)(F)F)cc1. The van der Waals surface area contributed by atoms with Gasteiger partial charge in [-0.15, -0.1) is 0 Å². The topological polar surface area (TPSA) is 66.8 Å². The molecule has 1 aromatic rings. The fraction of sp³-hybridized carbons (Fsp3) is 0.500. The highest BCUT2D eigenvalue weighted by Gasteiger charge is 2.31. The van der Waals surface area contributed by atoms with Crippen LogP contribution in [-0.2, 0) is 20.5 Å². The Bertz CT molecular complexity index is 600. The molecule has 0 spiro atoms. The summed E-state index contributed by atoms with van der Waals surface area (Å²) >= 11 is 0. The van der Waals surface area contributed by atoms with Gasteiger partial charge in [-0.25, -0.2) is 4.79 Å². The van der Waals surface area contributed by atoms with Crippen LogP contribution in [0.1, 0.15) is 30.4 Å². The second kappa shape index (κ2) is 7.21. The van der Waals surface area contributed by atoms with E-state index >= 15 is 0 Å². The number of carbonyl (C=O) groups excluding carboxylic acids is 1. The van der Waals surface area contributed by atoms with Crippen LogP contribution < -0.4 is 0 Å². The molecule has 0 saturated carbocycles. The van der Waals surface area contributed by atoms with Gasteiger partial charge in [-0.1, -0.05) is 19.1 Å². The van der Waals surface area contributed by atoms with Gasteiger partial charge in [0.15, 0.2) is 6.10 Å². The number of morpholine rings is 1. The van der Waals surface area contributed by atoms with Crippen molar-refractivity contribution in [3.63, 3.8) is 0 Å². The van der Waals surface area contributed by atoms with Crippen molar-refractivity contribution in [1.82, 2.24) is 4.90 Å². The summed E-state index contributed by atoms with van der Waals surface area (Å²) in [6, 6.07) is 4.71. The largest absolute Gasteiger partial charge is 0.479 e. The number of amides is 1. The molecule has 1 aliphatic heterocycles. The Morgan fingerprint density at radius 1 is 1.33 bits per heavy atom. The summed E-state index contributed by atoms with van der Waals surface area (Å²) in [6.45, 7) is 2.18. The van der Waals surface area contributed by atoms with E-state index in [1.54, 1.807) is 6.92 Å². The first-order chi connectivity index (χ1) is 11.2. The van der Waals surface area contributed by atoms with E-state index in [2.05, 4.69) is 0 Å². The number of carboxylic acid groups (broad SMARTS) is 1. The zero-order chi connectivity index (χ0) is 17.9. The van der Waals surface area contributed by atoms with Crippen molar-refractivity contribution in [3.8, 4) is 0 Å². The lowest BCUT2D eigenvalue weighted by atomic mass is 9.96. The van der Waals surface area contributed by atoms with Gasteiger partial charge in [0.05, 0.1) is 18.7 Å². The molecule has 0 aromatic heterocycles. The highest BCUT2D eigenvalue weighted by Crippen LogP contribution is 2.30. The average molecular weight is 345 g/mol. The third-order valence-corrected chi connectivity index (χ3v) is 3.98. The summed E-state index contributed by atoms with van der Waals surface area (Å²) in [5.74, 6) is -1.63. The molecule has 1 N–H and O–H groups in total. The van der Waals surface area contributed by atoms with E-state index in [1.807, 2.05) is 0 Å². The third kappa shape index (κ3) is 4.47. The summed E-state index contributed by atoms with van der Waals surface area (Å²) in [5, 5.41) is 8.93. The van der Waals surface area contributed by atoms with Gasteiger partial charge in [-0.2, -0.15) is 13.2 Å². The lowest BCUT2D eigenvalue weighted by Gasteiger charge is -2.31. The molecule has 1 aromatic carbocycles. The summed E-state index contributed by atoms with van der Waals surface area (Å²) < 4.78 is 42.7. The van der Waals surface area contributed by atoms with E-state index in [0.29, 0.717) is 12.1 Å². The molecular formula is C16H18F3NO4. The predicted molar refractivity (Wildman–Crippen MR) is 78.4 cm³/mol. The molecule has 0 radical (unpaired) electrons. The van der Waals surface area contributed by atoms with E-state index in [-0.39, 0.29) is 31.4 Å². The minimum absolute atomic E-state index is 0.0199. The number of ether oxygens (including phenoxy) is 1. The number of aliphatic carboxylic acids is 1. The first-order valence-electron chi connectivity index (χ1n) is 7.48. The lowest BCUT2D eigenvalue weighted by Crippen LogP contribution is -2.48.